The van der Waals surface area contributed by atoms with Crippen LogP contribution in [-0.4, -0.2) is 27.0 Å². The third-order valence-corrected chi connectivity index (χ3v) is 5.84. The van der Waals surface area contributed by atoms with Crippen LogP contribution in [0.1, 0.15) is 29.3 Å². The predicted octanol–water partition coefficient (Wildman–Crippen LogP) is 5.35. The van der Waals surface area contributed by atoms with Gasteiger partial charge >= 0.3 is 0 Å². The molecule has 0 saturated heterocycles. The molecule has 156 valence electrons. The highest BCUT2D eigenvalue weighted by Gasteiger charge is 2.21. The highest BCUT2D eigenvalue weighted by Crippen LogP contribution is 2.32. The molecular weight excluding hydrogens is 423 g/mol. The first-order valence-electron chi connectivity index (χ1n) is 9.57. The number of amides is 1. The fraction of sp³-hybridized carbons (Fsp3) is 0.227. The van der Waals surface area contributed by atoms with Gasteiger partial charge in [0.1, 0.15) is 5.82 Å². The lowest BCUT2D eigenvalue weighted by atomic mass is 10.1. The molecule has 2 aromatic heterocycles. The van der Waals surface area contributed by atoms with Gasteiger partial charge in [0.15, 0.2) is 5.13 Å². The fourth-order valence-corrected chi connectivity index (χ4v) is 4.30. The first-order valence-corrected chi connectivity index (χ1v) is 10.4. The average Bonchev–Trinajstić information content (AvgIpc) is 3.40. The van der Waals surface area contributed by atoms with Gasteiger partial charge in [0.05, 0.1) is 16.5 Å². The van der Waals surface area contributed by atoms with Crippen LogP contribution in [0.4, 0.5) is 9.52 Å². The van der Waals surface area contributed by atoms with E-state index in [9.17, 15) is 9.18 Å². The lowest BCUT2D eigenvalue weighted by Gasteiger charge is -2.20. The summed E-state index contributed by atoms with van der Waals surface area (Å²) in [6, 6.07) is 11.8. The van der Waals surface area contributed by atoms with Crippen molar-refractivity contribution in [1.82, 2.24) is 14.5 Å². The van der Waals surface area contributed by atoms with Crippen LogP contribution < -0.4 is 4.90 Å². The van der Waals surface area contributed by atoms with Gasteiger partial charge in [-0.15, -0.1) is 12.4 Å². The number of aromatic nitrogens is 3. The maximum absolute atomic E-state index is 13.3. The first kappa shape index (κ1) is 21.9. The summed E-state index contributed by atoms with van der Waals surface area (Å²) < 4.78 is 16.4. The number of carbonyl (C=O) groups excluding carboxylic acids is 1. The van der Waals surface area contributed by atoms with Crippen molar-refractivity contribution < 1.29 is 9.18 Å². The molecule has 5 nitrogen and oxygen atoms in total. The van der Waals surface area contributed by atoms with Crippen molar-refractivity contribution in [3.05, 3.63) is 78.1 Å². The van der Waals surface area contributed by atoms with E-state index in [2.05, 4.69) is 18.0 Å². The second-order valence-electron chi connectivity index (χ2n) is 6.73. The van der Waals surface area contributed by atoms with Crippen molar-refractivity contribution >= 4 is 45.0 Å². The number of fused-ring (bicyclic) bond motifs is 1. The van der Waals surface area contributed by atoms with Gasteiger partial charge in [-0.2, -0.15) is 0 Å². The van der Waals surface area contributed by atoms with Gasteiger partial charge in [0.2, 0.25) is 0 Å². The van der Waals surface area contributed by atoms with Crippen molar-refractivity contribution in [2.45, 2.75) is 26.3 Å². The number of hydrogen-bond donors (Lipinski definition) is 0. The monoisotopic (exact) mass is 444 g/mol. The maximum atomic E-state index is 13.3. The summed E-state index contributed by atoms with van der Waals surface area (Å²) >= 11 is 1.51. The third-order valence-electron chi connectivity index (χ3n) is 4.80. The van der Waals surface area contributed by atoms with E-state index in [0.717, 1.165) is 35.2 Å². The van der Waals surface area contributed by atoms with Crippen LogP contribution in [0, 0.1) is 5.82 Å². The highest BCUT2D eigenvalue weighted by molar-refractivity contribution is 7.22. The van der Waals surface area contributed by atoms with Gasteiger partial charge < -0.3 is 4.57 Å². The Morgan fingerprint density at radius 2 is 2.00 bits per heavy atom. The number of halogens is 2. The van der Waals surface area contributed by atoms with E-state index in [0.29, 0.717) is 17.2 Å². The summed E-state index contributed by atoms with van der Waals surface area (Å²) in [5.74, 6) is -0.534. The van der Waals surface area contributed by atoms with Gasteiger partial charge in [-0.1, -0.05) is 30.4 Å². The van der Waals surface area contributed by atoms with Crippen molar-refractivity contribution in [3.8, 4) is 0 Å². The summed E-state index contributed by atoms with van der Waals surface area (Å²) in [5.41, 5.74) is 2.56. The average molecular weight is 445 g/mol. The third kappa shape index (κ3) is 4.68. The first-order chi connectivity index (χ1) is 14.2. The number of rotatable bonds is 7. The van der Waals surface area contributed by atoms with Gasteiger partial charge in [-0.05, 0) is 48.7 Å². The molecular formula is C22H22ClFN4OS. The molecule has 0 atom stereocenters. The Morgan fingerprint density at radius 3 is 2.70 bits per heavy atom. The molecule has 4 rings (SSSR count). The Bertz CT molecular complexity index is 1110. The molecule has 0 radical (unpaired) electrons. The molecule has 1 amide bonds. The molecule has 0 aliphatic heterocycles. The van der Waals surface area contributed by atoms with Gasteiger partial charge in [-0.25, -0.2) is 14.4 Å². The summed E-state index contributed by atoms with van der Waals surface area (Å²) in [6.45, 7) is 3.36. The van der Waals surface area contributed by atoms with Crippen molar-refractivity contribution in [1.29, 1.82) is 0 Å². The summed E-state index contributed by atoms with van der Waals surface area (Å²) in [6.07, 6.45) is 7.03. The van der Waals surface area contributed by atoms with Gasteiger partial charge in [-0.3, -0.25) is 9.69 Å². The summed E-state index contributed by atoms with van der Waals surface area (Å²) in [4.78, 5) is 23.8. The van der Waals surface area contributed by atoms with Gasteiger partial charge in [0.25, 0.3) is 5.91 Å². The van der Waals surface area contributed by atoms with Crippen LogP contribution in [0.25, 0.3) is 10.2 Å². The second-order valence-corrected chi connectivity index (χ2v) is 7.74. The van der Waals surface area contributed by atoms with Crippen molar-refractivity contribution in [3.63, 3.8) is 0 Å². The van der Waals surface area contributed by atoms with E-state index < -0.39 is 0 Å². The zero-order valence-electron chi connectivity index (χ0n) is 16.5. The minimum Gasteiger partial charge on any atom is -0.337 e. The molecule has 0 N–H and O–H groups in total. The molecule has 0 aliphatic carbocycles. The summed E-state index contributed by atoms with van der Waals surface area (Å²) in [5, 5.41) is 0.667. The predicted molar refractivity (Wildman–Crippen MR) is 121 cm³/mol. The Labute approximate surface area is 184 Å². The van der Waals surface area contributed by atoms with Crippen LogP contribution in [0.2, 0.25) is 0 Å². The number of aryl methyl sites for hydroxylation is 2. The standard InChI is InChI=1S/C22H21FN4OS.ClH/c1-2-16-5-3-6-19-20(16)25-22(29-19)27(13-4-12-26-14-11-24-15-26)21(28)17-7-9-18(23)10-8-17;/h3,5-11,14-15H,2,4,12-13H2,1H3;1H. The van der Waals surface area contributed by atoms with Crippen LogP contribution in [0.5, 0.6) is 0 Å². The minimum atomic E-state index is -0.360. The lowest BCUT2D eigenvalue weighted by Crippen LogP contribution is -2.32. The number of thiazole rings is 1. The Morgan fingerprint density at radius 1 is 1.20 bits per heavy atom. The second kappa shape index (κ2) is 9.82. The number of hydrogen-bond acceptors (Lipinski definition) is 4. The fourth-order valence-electron chi connectivity index (χ4n) is 3.26. The lowest BCUT2D eigenvalue weighted by molar-refractivity contribution is 0.0986. The normalized spacial score (nSPS) is 10.7. The van der Waals surface area contributed by atoms with Gasteiger partial charge in [0, 0.05) is 31.0 Å². The number of anilines is 1. The van der Waals surface area contributed by atoms with Crippen LogP contribution >= 0.6 is 23.7 Å². The van der Waals surface area contributed by atoms with E-state index >= 15 is 0 Å². The number of nitrogens with zero attached hydrogens (tertiary/aromatic N) is 4. The molecule has 0 saturated carbocycles. The zero-order chi connectivity index (χ0) is 20.2. The van der Waals surface area contributed by atoms with Crippen LogP contribution in [0.15, 0.2) is 61.2 Å². The van der Waals surface area contributed by atoms with E-state index in [1.807, 2.05) is 22.9 Å². The number of carbonyl (C=O) groups is 1. The molecule has 0 bridgehead atoms. The van der Waals surface area contributed by atoms with E-state index in [-0.39, 0.29) is 24.1 Å². The largest absolute Gasteiger partial charge is 0.337 e. The molecule has 0 aliphatic rings. The Hall–Kier alpha value is -2.77. The zero-order valence-corrected chi connectivity index (χ0v) is 18.1. The molecule has 0 unspecified atom stereocenters. The highest BCUT2D eigenvalue weighted by atomic mass is 35.5. The summed E-state index contributed by atoms with van der Waals surface area (Å²) in [7, 11) is 0. The number of benzene rings is 2. The van der Waals surface area contributed by atoms with Crippen LogP contribution in [-0.2, 0) is 13.0 Å². The Kier molecular flexibility index (Phi) is 7.18. The molecule has 4 aromatic rings. The quantitative estimate of drug-likeness (QED) is 0.386. The molecule has 0 fully saturated rings. The van der Waals surface area contributed by atoms with Crippen molar-refractivity contribution in [2.24, 2.45) is 0 Å². The molecule has 8 heteroatoms. The minimum absolute atomic E-state index is 0. The Balaban J connectivity index is 0.00000256. The smallest absolute Gasteiger partial charge is 0.260 e. The number of para-hydroxylation sites is 1. The van der Waals surface area contributed by atoms with E-state index in [1.165, 1.54) is 35.6 Å². The molecule has 2 heterocycles. The van der Waals surface area contributed by atoms with Crippen molar-refractivity contribution in [2.75, 3.05) is 11.4 Å². The van der Waals surface area contributed by atoms with Crippen LogP contribution in [0.3, 0.4) is 0 Å². The van der Waals surface area contributed by atoms with E-state index in [4.69, 9.17) is 4.98 Å². The molecule has 2 aromatic carbocycles. The number of imidazole rings is 1. The molecule has 30 heavy (non-hydrogen) atoms. The SMILES string of the molecule is CCc1cccc2sc(N(CCCn3ccnc3)C(=O)c3ccc(F)cc3)nc12.Cl. The maximum Gasteiger partial charge on any atom is 0.260 e. The topological polar surface area (TPSA) is 51.0 Å². The molecule has 0 spiro atoms. The van der Waals surface area contributed by atoms with E-state index in [1.54, 1.807) is 17.4 Å².